The Hall–Kier alpha value is -1.71. The molecule has 0 bridgehead atoms. The highest BCUT2D eigenvalue weighted by Gasteiger charge is 2.36. The Kier molecular flexibility index (Phi) is 2.07. The molecule has 1 aromatic rings. The van der Waals surface area contributed by atoms with Crippen molar-refractivity contribution in [1.29, 1.82) is 0 Å². The topological polar surface area (TPSA) is 47.6 Å². The number of nitrogens with one attached hydrogen (secondary N) is 1. The van der Waals surface area contributed by atoms with E-state index in [4.69, 9.17) is 9.47 Å². The fraction of sp³-hybridized carbons (Fsp3) is 0.500. The van der Waals surface area contributed by atoms with E-state index >= 15 is 0 Å². The van der Waals surface area contributed by atoms with Gasteiger partial charge in [-0.15, -0.1) is 0 Å². The smallest absolute Gasteiger partial charge is 0.251 e. The van der Waals surface area contributed by atoms with E-state index in [-0.39, 0.29) is 12.7 Å². The average molecular weight is 245 g/mol. The Morgan fingerprint density at radius 2 is 1.89 bits per heavy atom. The third-order valence-electron chi connectivity index (χ3n) is 4.27. The molecular formula is C14H15NO3. The minimum Gasteiger partial charge on any atom is -0.454 e. The highest BCUT2D eigenvalue weighted by molar-refractivity contribution is 5.98. The van der Waals surface area contributed by atoms with Crippen molar-refractivity contribution < 1.29 is 14.3 Å². The number of fused-ring (bicyclic) bond motifs is 4. The molecule has 1 aliphatic carbocycles. The van der Waals surface area contributed by atoms with Crippen LogP contribution in [0.4, 0.5) is 0 Å². The molecule has 4 rings (SSSR count). The van der Waals surface area contributed by atoms with Gasteiger partial charge >= 0.3 is 0 Å². The fourth-order valence-electron chi connectivity index (χ4n) is 3.38. The molecule has 1 fully saturated rings. The van der Waals surface area contributed by atoms with Gasteiger partial charge in [-0.3, -0.25) is 4.79 Å². The van der Waals surface area contributed by atoms with Gasteiger partial charge in [0.2, 0.25) is 6.79 Å². The number of carbonyl (C=O) groups excluding carboxylic acids is 1. The first kappa shape index (κ1) is 10.2. The summed E-state index contributed by atoms with van der Waals surface area (Å²) in [5.41, 5.74) is 1.91. The molecule has 0 aromatic heterocycles. The van der Waals surface area contributed by atoms with Crippen molar-refractivity contribution in [2.24, 2.45) is 0 Å². The maximum atomic E-state index is 12.1. The molecule has 1 N–H and O–H groups in total. The van der Waals surface area contributed by atoms with Gasteiger partial charge in [-0.2, -0.15) is 0 Å². The monoisotopic (exact) mass is 245 g/mol. The van der Waals surface area contributed by atoms with Crippen LogP contribution in [0.25, 0.3) is 0 Å². The van der Waals surface area contributed by atoms with Crippen LogP contribution in [0.5, 0.6) is 11.5 Å². The Morgan fingerprint density at radius 3 is 2.78 bits per heavy atom. The van der Waals surface area contributed by atoms with Gasteiger partial charge in [-0.25, -0.2) is 0 Å². The van der Waals surface area contributed by atoms with Gasteiger partial charge in [0.25, 0.3) is 5.91 Å². The number of benzene rings is 1. The van der Waals surface area contributed by atoms with Crippen molar-refractivity contribution >= 4 is 5.91 Å². The van der Waals surface area contributed by atoms with Crippen LogP contribution in [0.1, 0.15) is 47.5 Å². The first-order valence-electron chi connectivity index (χ1n) is 6.57. The number of ether oxygens (including phenoxy) is 2. The second-order valence-electron chi connectivity index (χ2n) is 5.26. The van der Waals surface area contributed by atoms with Crippen molar-refractivity contribution in [3.8, 4) is 11.5 Å². The summed E-state index contributed by atoms with van der Waals surface area (Å²) in [6, 6.07) is 4.15. The van der Waals surface area contributed by atoms with Crippen LogP contribution in [0.2, 0.25) is 0 Å². The van der Waals surface area contributed by atoms with Gasteiger partial charge in [-0.05, 0) is 30.5 Å². The maximum absolute atomic E-state index is 12.1. The van der Waals surface area contributed by atoms with Crippen LogP contribution in [0.3, 0.4) is 0 Å². The van der Waals surface area contributed by atoms with Crippen molar-refractivity contribution in [2.75, 3.05) is 6.79 Å². The van der Waals surface area contributed by atoms with Gasteiger partial charge < -0.3 is 14.8 Å². The fourth-order valence-corrected chi connectivity index (χ4v) is 3.38. The van der Waals surface area contributed by atoms with Crippen LogP contribution < -0.4 is 14.8 Å². The normalized spacial score (nSPS) is 28.3. The van der Waals surface area contributed by atoms with E-state index in [1.54, 1.807) is 0 Å². The predicted molar refractivity (Wildman–Crippen MR) is 65.0 cm³/mol. The minimum absolute atomic E-state index is 0.0338. The molecule has 0 spiro atoms. The number of hydrogen-bond acceptors (Lipinski definition) is 3. The number of rotatable bonds is 0. The summed E-state index contributed by atoms with van der Waals surface area (Å²) >= 11 is 0. The van der Waals surface area contributed by atoms with Crippen LogP contribution in [-0.2, 0) is 0 Å². The molecule has 18 heavy (non-hydrogen) atoms. The van der Waals surface area contributed by atoms with E-state index in [2.05, 4.69) is 5.32 Å². The lowest BCUT2D eigenvalue weighted by molar-refractivity contribution is 0.0900. The number of carbonyl (C=O) groups is 1. The Bertz CT molecular complexity index is 526. The third-order valence-corrected chi connectivity index (χ3v) is 4.27. The highest BCUT2D eigenvalue weighted by atomic mass is 16.7. The summed E-state index contributed by atoms with van der Waals surface area (Å²) in [5.74, 6) is 1.96. The maximum Gasteiger partial charge on any atom is 0.251 e. The zero-order valence-electron chi connectivity index (χ0n) is 10.1. The molecule has 3 aliphatic rings. The van der Waals surface area contributed by atoms with Crippen LogP contribution in [-0.4, -0.2) is 18.7 Å². The summed E-state index contributed by atoms with van der Waals surface area (Å²) in [5, 5.41) is 3.13. The molecule has 2 aliphatic heterocycles. The second-order valence-corrected chi connectivity index (χ2v) is 5.26. The van der Waals surface area contributed by atoms with Crippen molar-refractivity contribution in [2.45, 2.75) is 37.6 Å². The quantitative estimate of drug-likeness (QED) is 0.762. The summed E-state index contributed by atoms with van der Waals surface area (Å²) in [6.07, 6.45) is 4.69. The first-order valence-corrected chi connectivity index (χ1v) is 6.57. The summed E-state index contributed by atoms with van der Waals surface area (Å²) in [4.78, 5) is 12.1. The third kappa shape index (κ3) is 1.35. The molecule has 2 heterocycles. The molecule has 94 valence electrons. The van der Waals surface area contributed by atoms with E-state index in [0.717, 1.165) is 29.7 Å². The lowest BCUT2D eigenvalue weighted by Gasteiger charge is -2.37. The van der Waals surface area contributed by atoms with Crippen molar-refractivity contribution in [1.82, 2.24) is 5.32 Å². The van der Waals surface area contributed by atoms with E-state index in [1.165, 1.54) is 12.8 Å². The molecular weight excluding hydrogens is 230 g/mol. The largest absolute Gasteiger partial charge is 0.454 e. The first-order chi connectivity index (χ1) is 8.83. The molecule has 0 saturated heterocycles. The van der Waals surface area contributed by atoms with Gasteiger partial charge in [0.05, 0.1) is 0 Å². The van der Waals surface area contributed by atoms with Crippen LogP contribution >= 0.6 is 0 Å². The van der Waals surface area contributed by atoms with E-state index < -0.39 is 0 Å². The van der Waals surface area contributed by atoms with Crippen molar-refractivity contribution in [3.63, 3.8) is 0 Å². The van der Waals surface area contributed by atoms with E-state index in [1.807, 2.05) is 12.1 Å². The molecule has 1 amide bonds. The summed E-state index contributed by atoms with van der Waals surface area (Å²) in [7, 11) is 0. The van der Waals surface area contributed by atoms with Crippen LogP contribution in [0.15, 0.2) is 12.1 Å². The number of amides is 1. The Labute approximate surface area is 105 Å². The second kappa shape index (κ2) is 3.64. The lowest BCUT2D eigenvalue weighted by atomic mass is 9.75. The zero-order chi connectivity index (χ0) is 12.1. The zero-order valence-corrected chi connectivity index (χ0v) is 10.1. The highest BCUT2D eigenvalue weighted by Crippen LogP contribution is 2.43. The van der Waals surface area contributed by atoms with Gasteiger partial charge in [0.15, 0.2) is 11.5 Å². The van der Waals surface area contributed by atoms with Gasteiger partial charge in [-0.1, -0.05) is 12.8 Å². The molecule has 2 atom stereocenters. The molecule has 2 unspecified atom stereocenters. The molecule has 0 radical (unpaired) electrons. The summed E-state index contributed by atoms with van der Waals surface area (Å²) < 4.78 is 10.8. The molecule has 4 heteroatoms. The van der Waals surface area contributed by atoms with E-state index in [0.29, 0.717) is 17.7 Å². The Morgan fingerprint density at radius 1 is 1.11 bits per heavy atom. The SMILES string of the molecule is O=C1NC2CCCCC2c2cc3c(cc21)OCO3. The van der Waals surface area contributed by atoms with E-state index in [9.17, 15) is 4.79 Å². The van der Waals surface area contributed by atoms with Gasteiger partial charge in [0, 0.05) is 17.5 Å². The van der Waals surface area contributed by atoms with Crippen LogP contribution in [0, 0.1) is 0 Å². The summed E-state index contributed by atoms with van der Waals surface area (Å²) in [6.45, 7) is 0.258. The molecule has 1 aromatic carbocycles. The molecule has 4 nitrogen and oxygen atoms in total. The lowest BCUT2D eigenvalue weighted by Crippen LogP contribution is -2.45. The Balaban J connectivity index is 1.85. The van der Waals surface area contributed by atoms with Gasteiger partial charge in [0.1, 0.15) is 0 Å². The predicted octanol–water partition coefficient (Wildman–Crippen LogP) is 2.18. The average Bonchev–Trinajstić information content (AvgIpc) is 2.84. The molecule has 1 saturated carbocycles. The van der Waals surface area contributed by atoms with Crippen molar-refractivity contribution in [3.05, 3.63) is 23.3 Å². The number of hydrogen-bond donors (Lipinski definition) is 1. The standard InChI is InChI=1S/C14H15NO3/c16-14-10-6-13-12(17-7-18-13)5-9(10)8-3-1-2-4-11(8)15-14/h5-6,8,11H,1-4,7H2,(H,15,16). The minimum atomic E-state index is 0.0338.